The lowest BCUT2D eigenvalue weighted by molar-refractivity contribution is 0.415. The van der Waals surface area contributed by atoms with E-state index in [0.717, 1.165) is 38.9 Å². The summed E-state index contributed by atoms with van der Waals surface area (Å²) in [6, 6.07) is 5.81. The van der Waals surface area contributed by atoms with Gasteiger partial charge in [0.05, 0.1) is 28.7 Å². The summed E-state index contributed by atoms with van der Waals surface area (Å²) in [5, 5.41) is 9.94. The predicted octanol–water partition coefficient (Wildman–Crippen LogP) is 4.16. The maximum Gasteiger partial charge on any atom is 0.160 e. The number of hydrogen-bond acceptors (Lipinski definition) is 4. The van der Waals surface area contributed by atoms with Crippen LogP contribution >= 0.6 is 11.8 Å². The van der Waals surface area contributed by atoms with Crippen LogP contribution in [0.2, 0.25) is 0 Å². The molecule has 1 atom stereocenters. The van der Waals surface area contributed by atoms with Gasteiger partial charge < -0.3 is 9.72 Å². The summed E-state index contributed by atoms with van der Waals surface area (Å²) in [4.78, 5) is 9.17. The molecule has 1 unspecified atom stereocenters. The fourth-order valence-corrected chi connectivity index (χ4v) is 4.16. The van der Waals surface area contributed by atoms with Crippen LogP contribution in [0.5, 0.6) is 5.75 Å². The molecule has 2 aromatic heterocycles. The Bertz CT molecular complexity index is 1040. The molecular weight excluding hydrogens is 320 g/mol. The van der Waals surface area contributed by atoms with E-state index in [1.54, 1.807) is 18.9 Å². The number of rotatable bonds is 2. The number of nitrogens with one attached hydrogen (secondary N) is 2. The van der Waals surface area contributed by atoms with Crippen molar-refractivity contribution in [2.24, 2.45) is 0 Å². The highest BCUT2D eigenvalue weighted by Crippen LogP contribution is 2.45. The van der Waals surface area contributed by atoms with Gasteiger partial charge >= 0.3 is 0 Å². The molecule has 3 heterocycles. The first kappa shape index (κ1) is 13.7. The Kier molecular flexibility index (Phi) is 2.93. The summed E-state index contributed by atoms with van der Waals surface area (Å²) in [5.41, 5.74) is 5.13. The number of imidazole rings is 1. The van der Waals surface area contributed by atoms with Crippen molar-refractivity contribution in [3.63, 3.8) is 0 Å². The molecule has 3 aromatic rings. The van der Waals surface area contributed by atoms with Gasteiger partial charge in [-0.25, -0.2) is 4.98 Å². The van der Waals surface area contributed by atoms with Crippen LogP contribution in [0.3, 0.4) is 0 Å². The van der Waals surface area contributed by atoms with Crippen molar-refractivity contribution in [3.05, 3.63) is 59.2 Å². The Balaban J connectivity index is 1.62. The lowest BCUT2D eigenvalue weighted by atomic mass is 9.92. The van der Waals surface area contributed by atoms with Crippen molar-refractivity contribution in [1.29, 1.82) is 0 Å². The summed E-state index contributed by atoms with van der Waals surface area (Å²) in [6.07, 6.45) is 8.48. The Morgan fingerprint density at radius 1 is 1.25 bits per heavy atom. The Hall–Kier alpha value is -2.73. The largest absolute Gasteiger partial charge is 0.497 e. The monoisotopic (exact) mass is 334 g/mol. The second-order valence-corrected chi connectivity index (χ2v) is 6.62. The van der Waals surface area contributed by atoms with Gasteiger partial charge in [0.15, 0.2) is 5.82 Å². The van der Waals surface area contributed by atoms with Crippen LogP contribution in [-0.4, -0.2) is 27.3 Å². The van der Waals surface area contributed by atoms with E-state index in [1.165, 1.54) is 5.57 Å². The molecule has 5 nitrogen and oxygen atoms in total. The smallest absolute Gasteiger partial charge is 0.160 e. The number of nitrogens with zero attached hydrogens (tertiary/aromatic N) is 2. The van der Waals surface area contributed by atoms with Gasteiger partial charge in [0, 0.05) is 12.0 Å². The number of allylic oxidation sites excluding steroid dienone is 5. The number of fused-ring (bicyclic) bond motifs is 4. The van der Waals surface area contributed by atoms with E-state index >= 15 is 0 Å². The van der Waals surface area contributed by atoms with Crippen LogP contribution < -0.4 is 4.74 Å². The maximum absolute atomic E-state index is 5.28. The number of hydrogen-bond donors (Lipinski definition) is 2. The van der Waals surface area contributed by atoms with Crippen molar-refractivity contribution < 1.29 is 4.74 Å². The number of thioether (sulfide) groups is 1. The number of H-pyrrole nitrogens is 2. The summed E-state index contributed by atoms with van der Waals surface area (Å²) >= 11 is 1.69. The van der Waals surface area contributed by atoms with Crippen molar-refractivity contribution in [2.75, 3.05) is 7.11 Å². The molecule has 0 spiro atoms. The molecule has 2 aliphatic rings. The highest BCUT2D eigenvalue weighted by molar-refractivity contribution is 8.02. The molecule has 1 aliphatic heterocycles. The molecule has 118 valence electrons. The highest BCUT2D eigenvalue weighted by atomic mass is 32.2. The van der Waals surface area contributed by atoms with E-state index < -0.39 is 0 Å². The molecule has 0 amide bonds. The van der Waals surface area contributed by atoms with Gasteiger partial charge in [0.2, 0.25) is 0 Å². The Labute approximate surface area is 142 Å². The van der Waals surface area contributed by atoms with Crippen molar-refractivity contribution in [2.45, 2.75) is 10.8 Å². The second kappa shape index (κ2) is 5.14. The maximum atomic E-state index is 5.28. The molecule has 0 fully saturated rings. The van der Waals surface area contributed by atoms with Crippen LogP contribution in [-0.2, 0) is 0 Å². The number of benzene rings is 1. The summed E-state index contributed by atoms with van der Waals surface area (Å²) in [6.45, 7) is 0. The zero-order valence-corrected chi connectivity index (χ0v) is 13.7. The third-order valence-electron chi connectivity index (χ3n) is 4.35. The number of methoxy groups -OCH3 is 1. The van der Waals surface area contributed by atoms with E-state index in [0.29, 0.717) is 0 Å². The minimum atomic E-state index is 0.247. The average Bonchev–Trinajstić information content (AvgIpc) is 3.24. The molecule has 1 aromatic carbocycles. The number of aromatic nitrogens is 4. The first-order valence-corrected chi connectivity index (χ1v) is 8.55. The molecule has 0 saturated heterocycles. The highest BCUT2D eigenvalue weighted by Gasteiger charge is 2.28. The van der Waals surface area contributed by atoms with Crippen LogP contribution in [0, 0.1) is 0 Å². The molecule has 24 heavy (non-hydrogen) atoms. The Morgan fingerprint density at radius 3 is 3.12 bits per heavy atom. The first-order valence-electron chi connectivity index (χ1n) is 7.67. The van der Waals surface area contributed by atoms with E-state index in [4.69, 9.17) is 4.74 Å². The zero-order valence-electron chi connectivity index (χ0n) is 12.9. The zero-order chi connectivity index (χ0) is 16.1. The molecule has 1 aliphatic carbocycles. The second-order valence-electron chi connectivity index (χ2n) is 5.74. The van der Waals surface area contributed by atoms with Gasteiger partial charge in [-0.15, -0.1) is 0 Å². The van der Waals surface area contributed by atoms with E-state index in [2.05, 4.69) is 49.9 Å². The van der Waals surface area contributed by atoms with Crippen molar-refractivity contribution in [1.82, 2.24) is 20.2 Å². The predicted molar refractivity (Wildman–Crippen MR) is 95.2 cm³/mol. The van der Waals surface area contributed by atoms with Crippen LogP contribution in [0.25, 0.3) is 22.6 Å². The molecule has 6 heteroatoms. The fourth-order valence-electron chi connectivity index (χ4n) is 3.12. The number of ether oxygens (including phenoxy) is 1. The van der Waals surface area contributed by atoms with Gasteiger partial charge in [-0.3, -0.25) is 5.10 Å². The SMILES string of the molecule is COc1ccc2nc(-c3n[nH]c4c3SC=C3C=CC=CC34)[nH]c2c1. The third-order valence-corrected chi connectivity index (χ3v) is 5.39. The van der Waals surface area contributed by atoms with Gasteiger partial charge in [0.25, 0.3) is 0 Å². The lowest BCUT2D eigenvalue weighted by Crippen LogP contribution is -2.05. The van der Waals surface area contributed by atoms with Gasteiger partial charge in [-0.2, -0.15) is 5.10 Å². The van der Waals surface area contributed by atoms with E-state index in [9.17, 15) is 0 Å². The van der Waals surface area contributed by atoms with Crippen LogP contribution in [0.15, 0.2) is 58.4 Å². The van der Waals surface area contributed by atoms with Gasteiger partial charge in [-0.1, -0.05) is 36.1 Å². The summed E-state index contributed by atoms with van der Waals surface area (Å²) < 4.78 is 5.28. The quantitative estimate of drug-likeness (QED) is 0.738. The summed E-state index contributed by atoms with van der Waals surface area (Å²) in [7, 11) is 1.66. The van der Waals surface area contributed by atoms with E-state index in [1.807, 2.05) is 18.2 Å². The first-order chi connectivity index (χ1) is 11.8. The average molecular weight is 334 g/mol. The minimum Gasteiger partial charge on any atom is -0.497 e. The van der Waals surface area contributed by atoms with Crippen LogP contribution in [0.4, 0.5) is 0 Å². The van der Waals surface area contributed by atoms with Gasteiger partial charge in [0.1, 0.15) is 11.4 Å². The minimum absolute atomic E-state index is 0.247. The standard InChI is InChI=1S/C18H14N4OS/c1-23-11-6-7-13-14(8-11)20-18(19-13)16-17-15(21-22-16)12-5-3-2-4-10(12)9-24-17/h2-9,12H,1H3,(H,19,20)(H,21,22). The summed E-state index contributed by atoms with van der Waals surface area (Å²) in [5.74, 6) is 1.83. The van der Waals surface area contributed by atoms with Crippen LogP contribution in [0.1, 0.15) is 11.6 Å². The number of aromatic amines is 2. The molecule has 2 N–H and O–H groups in total. The Morgan fingerprint density at radius 2 is 2.21 bits per heavy atom. The molecule has 5 rings (SSSR count). The molecular formula is C18H14N4OS. The molecule has 0 saturated carbocycles. The van der Waals surface area contributed by atoms with Crippen molar-refractivity contribution >= 4 is 22.8 Å². The lowest BCUT2D eigenvalue weighted by Gasteiger charge is -2.20. The fraction of sp³-hybridized carbons (Fsp3) is 0.111. The topological polar surface area (TPSA) is 66.6 Å². The molecule has 0 bridgehead atoms. The van der Waals surface area contributed by atoms with Crippen molar-refractivity contribution in [3.8, 4) is 17.3 Å². The van der Waals surface area contributed by atoms with E-state index in [-0.39, 0.29) is 5.92 Å². The molecule has 0 radical (unpaired) electrons. The third kappa shape index (κ3) is 1.96. The van der Waals surface area contributed by atoms with Gasteiger partial charge in [-0.05, 0) is 23.1 Å². The normalized spacial score (nSPS) is 18.4.